The van der Waals surface area contributed by atoms with Crippen LogP contribution in [0.25, 0.3) is 0 Å². The fourth-order valence-electron chi connectivity index (χ4n) is 0.497. The van der Waals surface area contributed by atoms with Gasteiger partial charge in [-0.2, -0.15) is 0 Å². The summed E-state index contributed by atoms with van der Waals surface area (Å²) in [4.78, 5) is 0. The van der Waals surface area contributed by atoms with Gasteiger partial charge in [0.05, 0.1) is 0 Å². The highest BCUT2D eigenvalue weighted by molar-refractivity contribution is 9.09. The van der Waals surface area contributed by atoms with Crippen LogP contribution in [0.5, 0.6) is 0 Å². The van der Waals surface area contributed by atoms with Crippen molar-refractivity contribution in [2.45, 2.75) is 0 Å². The van der Waals surface area contributed by atoms with Gasteiger partial charge < -0.3 is 0 Å². The van der Waals surface area contributed by atoms with Crippen LogP contribution < -0.4 is 0 Å². The van der Waals surface area contributed by atoms with Gasteiger partial charge in [0.1, 0.15) is 0 Å². The van der Waals surface area contributed by atoms with Crippen LogP contribution in [-0.4, -0.2) is 11.1 Å². The Balaban J connectivity index is 2.28. The van der Waals surface area contributed by atoms with E-state index in [1.165, 1.54) is 5.75 Å². The van der Waals surface area contributed by atoms with E-state index >= 15 is 0 Å². The summed E-state index contributed by atoms with van der Waals surface area (Å²) in [6.45, 7) is 0. The van der Waals surface area contributed by atoms with Crippen molar-refractivity contribution in [3.8, 4) is 0 Å². The molecule has 0 saturated heterocycles. The molecule has 7 heavy (non-hydrogen) atoms. The molecule has 1 unspecified atom stereocenters. The predicted octanol–water partition coefficient (Wildman–Crippen LogP) is 2.26. The predicted molar refractivity (Wildman–Crippen MR) is 38.9 cm³/mol. The van der Waals surface area contributed by atoms with E-state index in [4.69, 9.17) is 0 Å². The number of halogens is 1. The summed E-state index contributed by atoms with van der Waals surface area (Å²) < 4.78 is 0. The molecule has 0 amide bonds. The van der Waals surface area contributed by atoms with Gasteiger partial charge in [0.25, 0.3) is 0 Å². The zero-order chi connectivity index (χ0) is 5.11. The molecule has 1 heterocycles. The van der Waals surface area contributed by atoms with Crippen molar-refractivity contribution < 1.29 is 0 Å². The van der Waals surface area contributed by atoms with Gasteiger partial charge in [-0.25, -0.2) is 0 Å². The Morgan fingerprint density at radius 3 is 3.00 bits per heavy atom. The smallest absolute Gasteiger partial charge is 0.0103 e. The lowest BCUT2D eigenvalue weighted by atomic mass is 10.2. The molecule has 0 spiro atoms. The summed E-state index contributed by atoms with van der Waals surface area (Å²) in [6.07, 6.45) is 2.25. The van der Waals surface area contributed by atoms with Crippen molar-refractivity contribution in [2.24, 2.45) is 5.92 Å². The molecule has 0 N–H and O–H groups in total. The molecular weight excluding hydrogens is 172 g/mol. The maximum absolute atomic E-state index is 3.41. The molecule has 40 valence electrons. The van der Waals surface area contributed by atoms with Crippen molar-refractivity contribution in [1.82, 2.24) is 0 Å². The Morgan fingerprint density at radius 2 is 2.71 bits per heavy atom. The Labute approximate surface area is 56.5 Å². The molecule has 0 aromatic carbocycles. The average Bonchev–Trinajstić information content (AvgIpc) is 2.14. The summed E-state index contributed by atoms with van der Waals surface area (Å²) in [5.41, 5.74) is 0. The SMILES string of the molecule is BrCC1C=CSC1. The summed E-state index contributed by atoms with van der Waals surface area (Å²) in [5, 5.41) is 3.29. The molecular formula is C5H7BrS. The quantitative estimate of drug-likeness (QED) is 0.556. The van der Waals surface area contributed by atoms with Gasteiger partial charge in [-0.15, -0.1) is 11.8 Å². The maximum atomic E-state index is 3.41. The van der Waals surface area contributed by atoms with Crippen LogP contribution in [0.4, 0.5) is 0 Å². The summed E-state index contributed by atoms with van der Waals surface area (Å²) in [7, 11) is 0. The monoisotopic (exact) mass is 178 g/mol. The van der Waals surface area contributed by atoms with Crippen LogP contribution in [0.1, 0.15) is 0 Å². The highest BCUT2D eigenvalue weighted by Gasteiger charge is 2.05. The lowest BCUT2D eigenvalue weighted by Crippen LogP contribution is -1.94. The van der Waals surface area contributed by atoms with E-state index in [9.17, 15) is 0 Å². The topological polar surface area (TPSA) is 0 Å². The highest BCUT2D eigenvalue weighted by atomic mass is 79.9. The zero-order valence-electron chi connectivity index (χ0n) is 3.93. The van der Waals surface area contributed by atoms with E-state index in [1.54, 1.807) is 0 Å². The summed E-state index contributed by atoms with van der Waals surface area (Å²) in [5.74, 6) is 2.07. The molecule has 1 rings (SSSR count). The Kier molecular flexibility index (Phi) is 2.26. The molecule has 0 saturated carbocycles. The van der Waals surface area contributed by atoms with E-state index in [0.717, 1.165) is 11.2 Å². The van der Waals surface area contributed by atoms with Crippen LogP contribution in [0, 0.1) is 5.92 Å². The number of thioether (sulfide) groups is 1. The van der Waals surface area contributed by atoms with Crippen molar-refractivity contribution in [2.75, 3.05) is 11.1 Å². The number of rotatable bonds is 1. The third-order valence-corrected chi connectivity index (χ3v) is 2.76. The molecule has 0 bridgehead atoms. The minimum atomic E-state index is 0.796. The second-order valence-corrected chi connectivity index (χ2v) is 3.16. The Morgan fingerprint density at radius 1 is 1.86 bits per heavy atom. The van der Waals surface area contributed by atoms with Gasteiger partial charge >= 0.3 is 0 Å². The van der Waals surface area contributed by atoms with Crippen molar-refractivity contribution >= 4 is 27.7 Å². The molecule has 1 aliphatic heterocycles. The first-order valence-corrected chi connectivity index (χ1v) is 4.45. The van der Waals surface area contributed by atoms with E-state index in [2.05, 4.69) is 27.4 Å². The second kappa shape index (κ2) is 2.78. The van der Waals surface area contributed by atoms with E-state index < -0.39 is 0 Å². The van der Waals surface area contributed by atoms with Crippen LogP contribution >= 0.6 is 27.7 Å². The van der Waals surface area contributed by atoms with Crippen molar-refractivity contribution in [3.05, 3.63) is 11.5 Å². The van der Waals surface area contributed by atoms with E-state index in [1.807, 2.05) is 11.8 Å². The van der Waals surface area contributed by atoms with Gasteiger partial charge in [-0.1, -0.05) is 22.0 Å². The largest absolute Gasteiger partial charge is 0.134 e. The van der Waals surface area contributed by atoms with Gasteiger partial charge in [-0.3, -0.25) is 0 Å². The average molecular weight is 179 g/mol. The third kappa shape index (κ3) is 1.50. The number of allylic oxidation sites excluding steroid dienone is 1. The highest BCUT2D eigenvalue weighted by Crippen LogP contribution is 2.21. The Bertz CT molecular complexity index is 80.1. The third-order valence-electron chi connectivity index (χ3n) is 0.955. The van der Waals surface area contributed by atoms with Gasteiger partial charge in [0.2, 0.25) is 0 Å². The van der Waals surface area contributed by atoms with Gasteiger partial charge in [0.15, 0.2) is 0 Å². The molecule has 0 aliphatic carbocycles. The first kappa shape index (κ1) is 5.70. The lowest BCUT2D eigenvalue weighted by Gasteiger charge is -1.95. The molecule has 0 fully saturated rings. The first-order valence-electron chi connectivity index (χ1n) is 2.27. The molecule has 1 aliphatic rings. The normalized spacial score (nSPS) is 29.0. The minimum absolute atomic E-state index is 0.796. The number of alkyl halides is 1. The fourth-order valence-corrected chi connectivity index (χ4v) is 2.17. The fraction of sp³-hybridized carbons (Fsp3) is 0.600. The van der Waals surface area contributed by atoms with Gasteiger partial charge in [0, 0.05) is 11.1 Å². The summed E-state index contributed by atoms with van der Waals surface area (Å²) >= 11 is 5.31. The van der Waals surface area contributed by atoms with Crippen molar-refractivity contribution in [3.63, 3.8) is 0 Å². The second-order valence-electron chi connectivity index (χ2n) is 1.58. The van der Waals surface area contributed by atoms with Crippen LogP contribution in [0.3, 0.4) is 0 Å². The van der Waals surface area contributed by atoms with E-state index in [0.29, 0.717) is 0 Å². The molecule has 2 heteroatoms. The van der Waals surface area contributed by atoms with Crippen LogP contribution in [0.15, 0.2) is 11.5 Å². The van der Waals surface area contributed by atoms with Crippen molar-refractivity contribution in [1.29, 1.82) is 0 Å². The number of hydrogen-bond acceptors (Lipinski definition) is 1. The molecule has 1 atom stereocenters. The standard InChI is InChI=1S/C5H7BrS/c6-3-5-1-2-7-4-5/h1-2,5H,3-4H2. The minimum Gasteiger partial charge on any atom is -0.134 e. The lowest BCUT2D eigenvalue weighted by molar-refractivity contribution is 0.885. The van der Waals surface area contributed by atoms with Crippen LogP contribution in [-0.2, 0) is 0 Å². The molecule has 0 radical (unpaired) electrons. The van der Waals surface area contributed by atoms with Gasteiger partial charge in [-0.05, 0) is 11.3 Å². The first-order chi connectivity index (χ1) is 3.43. The Hall–Kier alpha value is 0.570. The summed E-state index contributed by atoms with van der Waals surface area (Å²) in [6, 6.07) is 0. The maximum Gasteiger partial charge on any atom is 0.0103 e. The zero-order valence-corrected chi connectivity index (χ0v) is 6.33. The van der Waals surface area contributed by atoms with Crippen LogP contribution in [0.2, 0.25) is 0 Å². The molecule has 0 aromatic heterocycles. The molecule has 0 nitrogen and oxygen atoms in total. The molecule has 0 aromatic rings. The van der Waals surface area contributed by atoms with E-state index in [-0.39, 0.29) is 0 Å². The number of hydrogen-bond donors (Lipinski definition) is 0.